The van der Waals surface area contributed by atoms with Gasteiger partial charge in [-0.3, -0.25) is 9.59 Å². The van der Waals surface area contributed by atoms with Crippen LogP contribution in [0.25, 0.3) is 0 Å². The maximum atomic E-state index is 12.9. The fourth-order valence-electron chi connectivity index (χ4n) is 3.80. The molecule has 1 saturated heterocycles. The Balaban J connectivity index is 1.50. The lowest BCUT2D eigenvalue weighted by Gasteiger charge is -2.31. The second-order valence-corrected chi connectivity index (χ2v) is 10.4. The first kappa shape index (κ1) is 24.7. The monoisotopic (exact) mass is 473 g/mol. The van der Waals surface area contributed by atoms with Crippen LogP contribution in [-0.4, -0.2) is 50.3 Å². The maximum Gasteiger partial charge on any atom is 0.258 e. The smallest absolute Gasteiger partial charge is 0.258 e. The molecule has 9 heteroatoms. The summed E-state index contributed by atoms with van der Waals surface area (Å²) >= 11 is 0. The molecule has 1 aliphatic rings. The van der Waals surface area contributed by atoms with Crippen molar-refractivity contribution in [3.05, 3.63) is 54.1 Å². The van der Waals surface area contributed by atoms with Crippen molar-refractivity contribution in [3.8, 4) is 5.75 Å². The zero-order valence-corrected chi connectivity index (χ0v) is 20.0. The molecule has 0 radical (unpaired) electrons. The van der Waals surface area contributed by atoms with E-state index in [1.807, 2.05) is 24.3 Å². The first-order valence-electron chi connectivity index (χ1n) is 11.1. The Kier molecular flexibility index (Phi) is 8.10. The number of amides is 2. The van der Waals surface area contributed by atoms with Gasteiger partial charge in [-0.25, -0.2) is 8.42 Å². The van der Waals surface area contributed by atoms with Gasteiger partial charge in [0.25, 0.3) is 5.91 Å². The molecule has 33 heavy (non-hydrogen) atoms. The summed E-state index contributed by atoms with van der Waals surface area (Å²) in [5.74, 6) is 0.554. The van der Waals surface area contributed by atoms with Crippen molar-refractivity contribution < 1.29 is 22.7 Å². The number of rotatable bonds is 8. The Bertz CT molecular complexity index is 1080. The second-order valence-electron chi connectivity index (χ2n) is 8.43. The van der Waals surface area contributed by atoms with E-state index in [2.05, 4.69) is 24.5 Å². The van der Waals surface area contributed by atoms with E-state index in [1.54, 1.807) is 12.1 Å². The number of anilines is 1. The molecule has 2 aromatic carbocycles. The summed E-state index contributed by atoms with van der Waals surface area (Å²) in [5.41, 5.74) is 1.59. The SMILES string of the molecule is CC(=O)Nc1ccc(S(=O)(=O)N2CCC(NC(=O)COc3ccccc3C(C)C)CC2)cc1. The van der Waals surface area contributed by atoms with Crippen LogP contribution in [0.2, 0.25) is 0 Å². The number of nitrogens with zero attached hydrogens (tertiary/aromatic N) is 1. The summed E-state index contributed by atoms with van der Waals surface area (Å²) in [6.45, 7) is 6.09. The minimum Gasteiger partial charge on any atom is -0.483 e. The summed E-state index contributed by atoms with van der Waals surface area (Å²) in [4.78, 5) is 23.7. The third-order valence-corrected chi connectivity index (χ3v) is 7.44. The number of hydrogen-bond acceptors (Lipinski definition) is 5. The van der Waals surface area contributed by atoms with Crippen molar-refractivity contribution in [2.75, 3.05) is 25.0 Å². The highest BCUT2D eigenvalue weighted by Gasteiger charge is 2.30. The normalized spacial score (nSPS) is 15.3. The number of para-hydroxylation sites is 1. The van der Waals surface area contributed by atoms with Crippen LogP contribution in [0.3, 0.4) is 0 Å². The number of carbonyl (C=O) groups excluding carboxylic acids is 2. The summed E-state index contributed by atoms with van der Waals surface area (Å²) in [6.07, 6.45) is 1.05. The molecule has 178 valence electrons. The van der Waals surface area contributed by atoms with E-state index in [4.69, 9.17) is 4.74 Å². The van der Waals surface area contributed by atoms with E-state index in [-0.39, 0.29) is 35.3 Å². The molecule has 1 heterocycles. The molecule has 8 nitrogen and oxygen atoms in total. The first-order chi connectivity index (χ1) is 15.7. The predicted molar refractivity (Wildman–Crippen MR) is 127 cm³/mol. The van der Waals surface area contributed by atoms with Gasteiger partial charge in [0.2, 0.25) is 15.9 Å². The van der Waals surface area contributed by atoms with Crippen molar-refractivity contribution in [2.24, 2.45) is 0 Å². The van der Waals surface area contributed by atoms with Gasteiger partial charge in [0.15, 0.2) is 6.61 Å². The molecule has 0 spiro atoms. The molecule has 0 bridgehead atoms. The Labute approximate surface area is 195 Å². The Morgan fingerprint density at radius 3 is 2.30 bits per heavy atom. The molecule has 2 N–H and O–H groups in total. The van der Waals surface area contributed by atoms with E-state index < -0.39 is 10.0 Å². The Morgan fingerprint density at radius 1 is 1.06 bits per heavy atom. The summed E-state index contributed by atoms with van der Waals surface area (Å²) in [6, 6.07) is 13.7. The van der Waals surface area contributed by atoms with Crippen molar-refractivity contribution >= 4 is 27.5 Å². The third-order valence-electron chi connectivity index (χ3n) is 5.53. The highest BCUT2D eigenvalue weighted by molar-refractivity contribution is 7.89. The summed E-state index contributed by atoms with van der Waals surface area (Å²) in [5, 5.41) is 5.57. The van der Waals surface area contributed by atoms with E-state index >= 15 is 0 Å². The van der Waals surface area contributed by atoms with Crippen LogP contribution in [0.1, 0.15) is 45.1 Å². The van der Waals surface area contributed by atoms with Gasteiger partial charge in [0.05, 0.1) is 4.90 Å². The van der Waals surface area contributed by atoms with Crippen LogP contribution < -0.4 is 15.4 Å². The number of benzene rings is 2. The van der Waals surface area contributed by atoms with Crippen molar-refractivity contribution in [2.45, 2.75) is 50.5 Å². The van der Waals surface area contributed by atoms with Gasteiger partial charge in [-0.1, -0.05) is 32.0 Å². The van der Waals surface area contributed by atoms with E-state index in [1.165, 1.54) is 23.4 Å². The lowest BCUT2D eigenvalue weighted by atomic mass is 10.0. The minimum absolute atomic E-state index is 0.0805. The highest BCUT2D eigenvalue weighted by Crippen LogP contribution is 2.26. The standard InChI is InChI=1S/C24H31N3O5S/c1-17(2)22-6-4-5-7-23(22)32-16-24(29)26-20-12-14-27(15-13-20)33(30,31)21-10-8-19(9-11-21)25-18(3)28/h4-11,17,20H,12-16H2,1-3H3,(H,25,28)(H,26,29). The van der Waals surface area contributed by atoms with Gasteiger partial charge in [-0.05, 0) is 54.7 Å². The molecule has 1 fully saturated rings. The molecule has 0 saturated carbocycles. The number of piperidine rings is 1. The van der Waals surface area contributed by atoms with Gasteiger partial charge >= 0.3 is 0 Å². The van der Waals surface area contributed by atoms with Gasteiger partial charge in [0, 0.05) is 31.7 Å². The van der Waals surface area contributed by atoms with Crippen LogP contribution in [0, 0.1) is 0 Å². The minimum atomic E-state index is -3.64. The fraction of sp³-hybridized carbons (Fsp3) is 0.417. The molecule has 1 aliphatic heterocycles. The number of hydrogen-bond donors (Lipinski definition) is 2. The van der Waals surface area contributed by atoms with Crippen molar-refractivity contribution in [3.63, 3.8) is 0 Å². The Morgan fingerprint density at radius 2 is 1.70 bits per heavy atom. The topological polar surface area (TPSA) is 105 Å². The molecular weight excluding hydrogens is 442 g/mol. The first-order valence-corrected chi connectivity index (χ1v) is 12.5. The van der Waals surface area contributed by atoms with Crippen LogP contribution >= 0.6 is 0 Å². The molecule has 3 rings (SSSR count). The lowest BCUT2D eigenvalue weighted by Crippen LogP contribution is -2.47. The van der Waals surface area contributed by atoms with Gasteiger partial charge < -0.3 is 15.4 Å². The number of carbonyl (C=O) groups is 2. The van der Waals surface area contributed by atoms with Gasteiger partial charge in [-0.2, -0.15) is 4.31 Å². The summed E-state index contributed by atoms with van der Waals surface area (Å²) in [7, 11) is -3.64. The quantitative estimate of drug-likeness (QED) is 0.613. The molecule has 2 amide bonds. The molecule has 0 aromatic heterocycles. The van der Waals surface area contributed by atoms with Gasteiger partial charge in [-0.15, -0.1) is 0 Å². The predicted octanol–water partition coefficient (Wildman–Crippen LogP) is 3.12. The molecule has 0 aliphatic carbocycles. The van der Waals surface area contributed by atoms with Crippen LogP contribution in [0.15, 0.2) is 53.4 Å². The average molecular weight is 474 g/mol. The number of ether oxygens (including phenoxy) is 1. The average Bonchev–Trinajstić information content (AvgIpc) is 2.78. The Hall–Kier alpha value is -2.91. The lowest BCUT2D eigenvalue weighted by molar-refractivity contribution is -0.124. The van der Waals surface area contributed by atoms with Crippen molar-refractivity contribution in [1.29, 1.82) is 0 Å². The van der Waals surface area contributed by atoms with Crippen LogP contribution in [-0.2, 0) is 19.6 Å². The van der Waals surface area contributed by atoms with Crippen LogP contribution in [0.4, 0.5) is 5.69 Å². The van der Waals surface area contributed by atoms with E-state index in [9.17, 15) is 18.0 Å². The second kappa shape index (κ2) is 10.8. The zero-order chi connectivity index (χ0) is 24.0. The molecular formula is C24H31N3O5S. The van der Waals surface area contributed by atoms with E-state index in [0.29, 0.717) is 37.4 Å². The fourth-order valence-corrected chi connectivity index (χ4v) is 5.27. The molecule has 0 atom stereocenters. The summed E-state index contributed by atoms with van der Waals surface area (Å²) < 4.78 is 33.0. The number of nitrogens with one attached hydrogen (secondary N) is 2. The largest absolute Gasteiger partial charge is 0.483 e. The van der Waals surface area contributed by atoms with Crippen LogP contribution in [0.5, 0.6) is 5.75 Å². The van der Waals surface area contributed by atoms with Crippen molar-refractivity contribution in [1.82, 2.24) is 9.62 Å². The number of sulfonamides is 1. The zero-order valence-electron chi connectivity index (χ0n) is 19.2. The molecule has 2 aromatic rings. The maximum absolute atomic E-state index is 12.9. The van der Waals surface area contributed by atoms with Gasteiger partial charge in [0.1, 0.15) is 5.75 Å². The highest BCUT2D eigenvalue weighted by atomic mass is 32.2. The van der Waals surface area contributed by atoms with E-state index in [0.717, 1.165) is 5.56 Å². The molecule has 0 unspecified atom stereocenters. The third kappa shape index (κ3) is 6.55.